The number of carbonyl (C=O) groups is 1. The second kappa shape index (κ2) is 4.43. The highest BCUT2D eigenvalue weighted by molar-refractivity contribution is 5.79. The van der Waals surface area contributed by atoms with Crippen LogP contribution in [0.15, 0.2) is 24.3 Å². The molecule has 1 amide bonds. The number of hydrogen-bond acceptors (Lipinski definition) is 1. The number of hydrogen-bond donors (Lipinski definition) is 1. The number of halogens is 1. The Morgan fingerprint density at radius 2 is 2.20 bits per heavy atom. The zero-order valence-corrected chi connectivity index (χ0v) is 8.50. The van der Waals surface area contributed by atoms with Crippen molar-refractivity contribution in [3.8, 4) is 0 Å². The summed E-state index contributed by atoms with van der Waals surface area (Å²) in [6.45, 7) is 0.757. The lowest BCUT2D eigenvalue weighted by atomic mass is 9.91. The molecule has 15 heavy (non-hydrogen) atoms. The normalized spacial score (nSPS) is 21.1. The van der Waals surface area contributed by atoms with Gasteiger partial charge in [0, 0.05) is 12.5 Å². The third-order valence-electron chi connectivity index (χ3n) is 2.82. The average Bonchev–Trinajstić information content (AvgIpc) is 2.24. The monoisotopic (exact) mass is 207 g/mol. The van der Waals surface area contributed by atoms with Crippen LogP contribution < -0.4 is 5.32 Å². The molecule has 1 aromatic carbocycles. The van der Waals surface area contributed by atoms with Crippen LogP contribution in [0.2, 0.25) is 0 Å². The van der Waals surface area contributed by atoms with Gasteiger partial charge in [-0.25, -0.2) is 4.39 Å². The molecule has 1 N–H and O–H groups in total. The molecule has 0 unspecified atom stereocenters. The van der Waals surface area contributed by atoms with Crippen molar-refractivity contribution in [3.63, 3.8) is 0 Å². The maximum absolute atomic E-state index is 13.3. The Labute approximate surface area is 88.5 Å². The Morgan fingerprint density at radius 1 is 1.40 bits per heavy atom. The van der Waals surface area contributed by atoms with E-state index in [4.69, 9.17) is 0 Å². The van der Waals surface area contributed by atoms with E-state index in [9.17, 15) is 9.18 Å². The minimum absolute atomic E-state index is 0.0596. The van der Waals surface area contributed by atoms with E-state index in [2.05, 4.69) is 5.32 Å². The van der Waals surface area contributed by atoms with E-state index in [0.717, 1.165) is 19.4 Å². The van der Waals surface area contributed by atoms with Crippen LogP contribution in [0.1, 0.15) is 18.4 Å². The first-order valence-corrected chi connectivity index (χ1v) is 5.28. The van der Waals surface area contributed by atoms with Crippen molar-refractivity contribution in [2.45, 2.75) is 19.3 Å². The molecule has 80 valence electrons. The third-order valence-corrected chi connectivity index (χ3v) is 2.82. The standard InChI is InChI=1S/C12H14FNO/c13-11-6-2-1-4-9(11)8-10-5-3-7-14-12(10)15/h1-2,4,6,10H,3,5,7-8H2,(H,14,15)/t10-/m1/s1. The highest BCUT2D eigenvalue weighted by Crippen LogP contribution is 2.19. The van der Waals surface area contributed by atoms with E-state index >= 15 is 0 Å². The number of amides is 1. The number of piperidine rings is 1. The predicted molar refractivity (Wildman–Crippen MR) is 55.8 cm³/mol. The molecule has 1 heterocycles. The molecular weight excluding hydrogens is 193 g/mol. The lowest BCUT2D eigenvalue weighted by Crippen LogP contribution is -2.37. The first-order valence-electron chi connectivity index (χ1n) is 5.28. The van der Waals surface area contributed by atoms with Crippen LogP contribution in [-0.4, -0.2) is 12.5 Å². The minimum Gasteiger partial charge on any atom is -0.356 e. The molecule has 0 aliphatic carbocycles. The molecule has 0 saturated carbocycles. The fraction of sp³-hybridized carbons (Fsp3) is 0.417. The van der Waals surface area contributed by atoms with Gasteiger partial charge in [-0.05, 0) is 30.9 Å². The molecule has 0 radical (unpaired) electrons. The van der Waals surface area contributed by atoms with Gasteiger partial charge in [0.25, 0.3) is 0 Å². The van der Waals surface area contributed by atoms with Crippen LogP contribution in [0.4, 0.5) is 4.39 Å². The Balaban J connectivity index is 2.08. The SMILES string of the molecule is O=C1NCCC[C@@H]1Cc1ccccc1F. The van der Waals surface area contributed by atoms with Gasteiger partial charge in [0.15, 0.2) is 0 Å². The van der Waals surface area contributed by atoms with Crippen LogP contribution in [-0.2, 0) is 11.2 Å². The van der Waals surface area contributed by atoms with Crippen molar-refractivity contribution in [1.82, 2.24) is 5.32 Å². The van der Waals surface area contributed by atoms with Crippen LogP contribution in [0.3, 0.4) is 0 Å². The van der Waals surface area contributed by atoms with Crippen molar-refractivity contribution in [1.29, 1.82) is 0 Å². The summed E-state index contributed by atoms with van der Waals surface area (Å²) in [6, 6.07) is 6.66. The summed E-state index contributed by atoms with van der Waals surface area (Å²) in [4.78, 5) is 11.5. The zero-order valence-electron chi connectivity index (χ0n) is 8.50. The van der Waals surface area contributed by atoms with Gasteiger partial charge < -0.3 is 5.32 Å². The predicted octanol–water partition coefficient (Wildman–Crippen LogP) is 1.89. The number of nitrogens with one attached hydrogen (secondary N) is 1. The Kier molecular flexibility index (Phi) is 2.99. The third kappa shape index (κ3) is 2.35. The zero-order chi connectivity index (χ0) is 10.7. The molecule has 2 rings (SSSR count). The maximum atomic E-state index is 13.3. The first kappa shape index (κ1) is 10.1. The van der Waals surface area contributed by atoms with Gasteiger partial charge in [-0.1, -0.05) is 18.2 Å². The second-order valence-electron chi connectivity index (χ2n) is 3.93. The van der Waals surface area contributed by atoms with Crippen molar-refractivity contribution in [2.75, 3.05) is 6.54 Å². The van der Waals surface area contributed by atoms with E-state index in [1.54, 1.807) is 18.2 Å². The number of rotatable bonds is 2. The Morgan fingerprint density at radius 3 is 2.93 bits per heavy atom. The fourth-order valence-electron chi connectivity index (χ4n) is 1.96. The molecule has 1 saturated heterocycles. The lowest BCUT2D eigenvalue weighted by Gasteiger charge is -2.21. The van der Waals surface area contributed by atoms with Gasteiger partial charge in [-0.2, -0.15) is 0 Å². The second-order valence-corrected chi connectivity index (χ2v) is 3.93. The van der Waals surface area contributed by atoms with Gasteiger partial charge in [0.2, 0.25) is 5.91 Å². The molecule has 0 spiro atoms. The quantitative estimate of drug-likeness (QED) is 0.788. The first-order chi connectivity index (χ1) is 7.27. The van der Waals surface area contributed by atoms with E-state index in [-0.39, 0.29) is 17.6 Å². The maximum Gasteiger partial charge on any atom is 0.223 e. The number of benzene rings is 1. The summed E-state index contributed by atoms with van der Waals surface area (Å²) in [5, 5.41) is 2.81. The van der Waals surface area contributed by atoms with Gasteiger partial charge in [0.1, 0.15) is 5.82 Å². The summed E-state index contributed by atoms with van der Waals surface area (Å²) in [7, 11) is 0. The minimum atomic E-state index is -0.212. The van der Waals surface area contributed by atoms with Crippen molar-refractivity contribution < 1.29 is 9.18 Å². The van der Waals surface area contributed by atoms with Crippen LogP contribution in [0, 0.1) is 11.7 Å². The van der Waals surface area contributed by atoms with Gasteiger partial charge >= 0.3 is 0 Å². The number of carbonyl (C=O) groups excluding carboxylic acids is 1. The van der Waals surface area contributed by atoms with Crippen molar-refractivity contribution >= 4 is 5.91 Å². The summed E-state index contributed by atoms with van der Waals surface area (Å²) < 4.78 is 13.3. The molecule has 2 nitrogen and oxygen atoms in total. The van der Waals surface area contributed by atoms with E-state index in [1.165, 1.54) is 6.07 Å². The Hall–Kier alpha value is -1.38. The molecule has 1 aromatic rings. The van der Waals surface area contributed by atoms with E-state index in [0.29, 0.717) is 12.0 Å². The molecule has 0 bridgehead atoms. The molecule has 1 aliphatic rings. The summed E-state index contributed by atoms with van der Waals surface area (Å²) >= 11 is 0. The molecular formula is C12H14FNO. The summed E-state index contributed by atoms with van der Waals surface area (Å²) in [5.41, 5.74) is 0.638. The molecule has 3 heteroatoms. The molecule has 0 aromatic heterocycles. The summed E-state index contributed by atoms with van der Waals surface area (Å²) in [6.07, 6.45) is 2.36. The smallest absolute Gasteiger partial charge is 0.223 e. The Bertz CT molecular complexity index is 364. The van der Waals surface area contributed by atoms with E-state index < -0.39 is 0 Å². The van der Waals surface area contributed by atoms with E-state index in [1.807, 2.05) is 0 Å². The van der Waals surface area contributed by atoms with Crippen LogP contribution >= 0.6 is 0 Å². The fourth-order valence-corrected chi connectivity index (χ4v) is 1.96. The van der Waals surface area contributed by atoms with Crippen molar-refractivity contribution in [2.24, 2.45) is 5.92 Å². The van der Waals surface area contributed by atoms with Crippen LogP contribution in [0.5, 0.6) is 0 Å². The summed E-state index contributed by atoms with van der Waals surface area (Å²) in [5.74, 6) is -0.212. The molecule has 1 aliphatic heterocycles. The van der Waals surface area contributed by atoms with Gasteiger partial charge in [-0.15, -0.1) is 0 Å². The van der Waals surface area contributed by atoms with Gasteiger partial charge in [0.05, 0.1) is 0 Å². The van der Waals surface area contributed by atoms with Gasteiger partial charge in [-0.3, -0.25) is 4.79 Å². The largest absolute Gasteiger partial charge is 0.356 e. The van der Waals surface area contributed by atoms with Crippen molar-refractivity contribution in [3.05, 3.63) is 35.6 Å². The molecule has 1 fully saturated rings. The molecule has 1 atom stereocenters. The highest BCUT2D eigenvalue weighted by atomic mass is 19.1. The average molecular weight is 207 g/mol. The highest BCUT2D eigenvalue weighted by Gasteiger charge is 2.22. The van der Waals surface area contributed by atoms with Crippen LogP contribution in [0.25, 0.3) is 0 Å². The lowest BCUT2D eigenvalue weighted by molar-refractivity contribution is -0.126. The topological polar surface area (TPSA) is 29.1 Å².